The van der Waals surface area contributed by atoms with E-state index in [4.69, 9.17) is 14.5 Å². The molecule has 4 aromatic rings. The minimum Gasteiger partial charge on any atom is -0.508 e. The van der Waals surface area contributed by atoms with E-state index in [1.165, 1.54) is 24.3 Å². The molecule has 2 aromatic heterocycles. The second-order valence-corrected chi connectivity index (χ2v) is 15.8. The van der Waals surface area contributed by atoms with Gasteiger partial charge in [-0.3, -0.25) is 9.69 Å². The van der Waals surface area contributed by atoms with Crippen molar-refractivity contribution in [3.05, 3.63) is 48.0 Å². The average Bonchev–Trinajstić information content (AvgIpc) is 3.79. The molecule has 0 spiro atoms. The second-order valence-electron chi connectivity index (χ2n) is 15.8. The Morgan fingerprint density at radius 1 is 1.05 bits per heavy atom. The third-order valence-electron chi connectivity index (χ3n) is 11.8. The minimum atomic E-state index is -5.04. The van der Waals surface area contributed by atoms with E-state index < -0.39 is 47.4 Å². The van der Waals surface area contributed by atoms with E-state index in [1.807, 2.05) is 0 Å². The number of aliphatic hydroxyl groups excluding tert-OH is 1. The Morgan fingerprint density at radius 2 is 1.79 bits per heavy atom. The molecule has 4 atom stereocenters. The van der Waals surface area contributed by atoms with Crippen LogP contribution in [-0.2, 0) is 4.79 Å². The number of benzene rings is 2. The highest BCUT2D eigenvalue weighted by Gasteiger charge is 2.53. The fraction of sp³-hybridized carbons (Fsp3) is 0.500. The van der Waals surface area contributed by atoms with Crippen molar-refractivity contribution in [1.82, 2.24) is 24.8 Å². The number of piperazine rings is 1. The Bertz CT molecular complexity index is 2240. The number of ether oxygens (including phenoxy) is 2. The van der Waals surface area contributed by atoms with E-state index in [0.717, 1.165) is 37.1 Å². The van der Waals surface area contributed by atoms with Gasteiger partial charge in [0.15, 0.2) is 5.82 Å². The average molecular weight is 783 g/mol. The third kappa shape index (κ3) is 6.34. The van der Waals surface area contributed by atoms with Gasteiger partial charge in [0, 0.05) is 35.6 Å². The number of halogens is 5. The van der Waals surface area contributed by atoms with Gasteiger partial charge in [0.2, 0.25) is 5.88 Å². The number of carbonyl (C=O) groups excluding carboxylic acids is 1. The number of aromatic nitrogens is 3. The van der Waals surface area contributed by atoms with Gasteiger partial charge in [-0.25, -0.2) is 13.8 Å². The Kier molecular flexibility index (Phi) is 9.50. The van der Waals surface area contributed by atoms with Crippen molar-refractivity contribution in [2.45, 2.75) is 95.2 Å². The number of hydrogen-bond donors (Lipinski definition) is 2. The van der Waals surface area contributed by atoms with E-state index in [1.54, 1.807) is 25.7 Å². The molecule has 298 valence electrons. The van der Waals surface area contributed by atoms with Crippen LogP contribution in [-0.4, -0.2) is 110 Å². The molecule has 8 rings (SSSR count). The maximum Gasteiger partial charge on any atom is 0.471 e. The van der Waals surface area contributed by atoms with Gasteiger partial charge in [-0.1, -0.05) is 12.6 Å². The molecule has 0 saturated carbocycles. The Hall–Kier alpha value is -4.83. The van der Waals surface area contributed by atoms with Crippen molar-refractivity contribution in [3.8, 4) is 28.9 Å². The number of pyridine rings is 1. The molecule has 2 bridgehead atoms. The Morgan fingerprint density at radius 3 is 2.45 bits per heavy atom. The van der Waals surface area contributed by atoms with Gasteiger partial charge in [-0.2, -0.15) is 23.1 Å². The number of rotatable bonds is 9. The number of aliphatic hydroxyl groups is 1. The summed E-state index contributed by atoms with van der Waals surface area (Å²) in [6.07, 6.45) is -1.64. The quantitative estimate of drug-likeness (QED) is 0.176. The minimum absolute atomic E-state index is 0.00383. The van der Waals surface area contributed by atoms with E-state index in [9.17, 15) is 28.2 Å². The number of fused-ring (bicyclic) bond motifs is 5. The summed E-state index contributed by atoms with van der Waals surface area (Å²) in [4.78, 5) is 31.4. The molecule has 0 radical (unpaired) electrons. The number of amides is 1. The molecule has 4 aliphatic rings. The lowest BCUT2D eigenvalue weighted by atomic mass is 9.93. The van der Waals surface area contributed by atoms with E-state index >= 15 is 8.78 Å². The summed E-state index contributed by atoms with van der Waals surface area (Å²) in [5, 5.41) is 21.6. The molecule has 2 N–H and O–H groups in total. The first-order valence-corrected chi connectivity index (χ1v) is 18.9. The molecule has 4 saturated heterocycles. The fourth-order valence-corrected chi connectivity index (χ4v) is 9.47. The van der Waals surface area contributed by atoms with Crippen LogP contribution in [0.3, 0.4) is 0 Å². The predicted molar refractivity (Wildman–Crippen MR) is 199 cm³/mol. The first kappa shape index (κ1) is 38.1. The molecule has 2 aromatic carbocycles. The number of carbonyl (C=O) groups is 1. The van der Waals surface area contributed by atoms with Crippen LogP contribution >= 0.6 is 0 Å². The SMILES string of the molecule is C=C(C)c1c(F)ccc2cc(O)cc(-c3nc(OC(C)C)c4c(N5CC6CCC(C5)N6C(=O)C(F)(F)F)nc(OCC56CCCN5[C@@H](CO)CC6)nc4c3F)c12. The zero-order valence-electron chi connectivity index (χ0n) is 31.3. The molecule has 11 nitrogen and oxygen atoms in total. The summed E-state index contributed by atoms with van der Waals surface area (Å²) in [5.41, 5.74) is -0.457. The smallest absolute Gasteiger partial charge is 0.471 e. The summed E-state index contributed by atoms with van der Waals surface area (Å²) < 4.78 is 86.6. The fourth-order valence-electron chi connectivity index (χ4n) is 9.47. The number of nitrogens with zero attached hydrogens (tertiary/aromatic N) is 6. The zero-order chi connectivity index (χ0) is 39.8. The van der Waals surface area contributed by atoms with E-state index in [0.29, 0.717) is 23.8 Å². The molecular weight excluding hydrogens is 739 g/mol. The van der Waals surface area contributed by atoms with E-state index in [-0.39, 0.29) is 88.9 Å². The number of phenolic OH excluding ortho intramolecular Hbond substituents is 1. The molecule has 56 heavy (non-hydrogen) atoms. The van der Waals surface area contributed by atoms with Crippen molar-refractivity contribution < 1.29 is 46.4 Å². The summed E-state index contributed by atoms with van der Waals surface area (Å²) in [5.74, 6) is -3.67. The molecule has 6 heterocycles. The monoisotopic (exact) mass is 782 g/mol. The normalized spacial score (nSPS) is 23.8. The number of phenols is 1. The van der Waals surface area contributed by atoms with Crippen LogP contribution in [0.1, 0.15) is 64.9 Å². The molecule has 16 heteroatoms. The van der Waals surface area contributed by atoms with Crippen molar-refractivity contribution in [3.63, 3.8) is 0 Å². The highest BCUT2D eigenvalue weighted by molar-refractivity contribution is 6.06. The Labute approximate surface area is 319 Å². The molecule has 0 aliphatic carbocycles. The molecule has 4 fully saturated rings. The van der Waals surface area contributed by atoms with Crippen LogP contribution in [0.15, 0.2) is 30.8 Å². The highest BCUT2D eigenvalue weighted by Crippen LogP contribution is 2.46. The maximum absolute atomic E-state index is 17.5. The van der Waals surface area contributed by atoms with Gasteiger partial charge in [0.1, 0.15) is 40.6 Å². The van der Waals surface area contributed by atoms with Gasteiger partial charge in [0.25, 0.3) is 0 Å². The van der Waals surface area contributed by atoms with Crippen molar-refractivity contribution >= 4 is 39.0 Å². The van der Waals surface area contributed by atoms with Crippen LogP contribution < -0.4 is 14.4 Å². The predicted octanol–water partition coefficient (Wildman–Crippen LogP) is 6.76. The number of anilines is 1. The maximum atomic E-state index is 17.5. The lowest BCUT2D eigenvalue weighted by Gasteiger charge is -2.42. The van der Waals surface area contributed by atoms with Crippen molar-refractivity contribution in [2.24, 2.45) is 0 Å². The summed E-state index contributed by atoms with van der Waals surface area (Å²) in [6, 6.07) is 3.61. The standard InChI is InChI=1S/C40H43F5N6O5/c1-20(2)29-28(41)9-6-22-14-26(53)15-27(30(22)29)33-32(42)34-31(36(46-33)56-21(3)4)35(49-16-23-7-8-24(17-49)51(23)37(54)40(43,44)45)48-38(47-34)55-19-39-11-5-13-50(39)25(18-52)10-12-39/h6,9,14-15,21,23-25,52-53H,1,5,7-8,10-13,16-19H2,2-4H3/t23?,24?,25-,39?/m1/s1. The van der Waals surface area contributed by atoms with Crippen LogP contribution in [0.4, 0.5) is 27.8 Å². The van der Waals surface area contributed by atoms with Crippen LogP contribution in [0.5, 0.6) is 17.6 Å². The number of hydrogen-bond acceptors (Lipinski definition) is 10. The number of alkyl halides is 3. The third-order valence-corrected chi connectivity index (χ3v) is 11.8. The van der Waals surface area contributed by atoms with Gasteiger partial charge in [-0.15, -0.1) is 0 Å². The van der Waals surface area contributed by atoms with Gasteiger partial charge < -0.3 is 29.5 Å². The number of aromatic hydroxyl groups is 1. The molecule has 3 unspecified atom stereocenters. The van der Waals surface area contributed by atoms with Crippen molar-refractivity contribution in [1.29, 1.82) is 0 Å². The van der Waals surface area contributed by atoms with Crippen molar-refractivity contribution in [2.75, 3.05) is 37.7 Å². The lowest BCUT2D eigenvalue weighted by molar-refractivity contribution is -0.188. The molecular formula is C40H43F5N6O5. The van der Waals surface area contributed by atoms with Crippen LogP contribution in [0.25, 0.3) is 38.5 Å². The zero-order valence-corrected chi connectivity index (χ0v) is 31.3. The first-order valence-electron chi connectivity index (χ1n) is 18.9. The lowest BCUT2D eigenvalue weighted by Crippen LogP contribution is -2.59. The first-order chi connectivity index (χ1) is 26.6. The summed E-state index contributed by atoms with van der Waals surface area (Å²) >= 11 is 0. The summed E-state index contributed by atoms with van der Waals surface area (Å²) in [6.45, 7) is 9.88. The van der Waals surface area contributed by atoms with Gasteiger partial charge >= 0.3 is 18.1 Å². The largest absolute Gasteiger partial charge is 0.508 e. The Balaban J connectivity index is 1.32. The molecule has 1 amide bonds. The van der Waals surface area contributed by atoms with Gasteiger partial charge in [-0.05, 0) is 95.0 Å². The molecule has 4 aliphatic heterocycles. The second kappa shape index (κ2) is 14.0. The number of allylic oxidation sites excluding steroid dienone is 1. The van der Waals surface area contributed by atoms with Gasteiger partial charge in [0.05, 0.1) is 30.3 Å². The summed E-state index contributed by atoms with van der Waals surface area (Å²) in [7, 11) is 0. The van der Waals surface area contributed by atoms with Crippen LogP contribution in [0.2, 0.25) is 0 Å². The topological polar surface area (TPSA) is 124 Å². The highest BCUT2D eigenvalue weighted by atomic mass is 19.4. The van der Waals surface area contributed by atoms with Crippen LogP contribution in [0, 0.1) is 11.6 Å². The van der Waals surface area contributed by atoms with E-state index in [2.05, 4.69) is 21.4 Å².